The zero-order valence-corrected chi connectivity index (χ0v) is 10.5. The molecular weight excluding hydrogens is 369 g/mol. The lowest BCUT2D eigenvalue weighted by Gasteiger charge is -2.08. The van der Waals surface area contributed by atoms with Crippen molar-refractivity contribution in [3.63, 3.8) is 0 Å². The van der Waals surface area contributed by atoms with E-state index in [2.05, 4.69) is 20.9 Å². The van der Waals surface area contributed by atoms with Crippen LogP contribution in [0.2, 0.25) is 0 Å². The molecule has 0 aliphatic heterocycles. The number of rotatable bonds is 2. The summed E-state index contributed by atoms with van der Waals surface area (Å²) in [5, 5.41) is 8.44. The van der Waals surface area contributed by atoms with Crippen LogP contribution in [0.4, 0.5) is 8.78 Å². The Hall–Kier alpha value is -0.290. The number of hydrogen-bond donors (Lipinski definition) is 0. The first kappa shape index (κ1) is 11.8. The van der Waals surface area contributed by atoms with E-state index in [-0.39, 0.29) is 16.5 Å². The Labute approximate surface area is 102 Å². The van der Waals surface area contributed by atoms with Gasteiger partial charge < -0.3 is 0 Å². The Morgan fingerprint density at radius 1 is 1.64 bits per heavy atom. The first-order valence-electron chi connectivity index (χ1n) is 3.55. The predicted octanol–water partition coefficient (Wildman–Crippen LogP) is 3.45. The van der Waals surface area contributed by atoms with Gasteiger partial charge in [-0.2, -0.15) is 5.26 Å². The molecule has 2 nitrogen and oxygen atoms in total. The van der Waals surface area contributed by atoms with Gasteiger partial charge in [-0.15, -0.1) is 0 Å². The number of aromatic nitrogens is 1. The number of hydrogen-bond acceptors (Lipinski definition) is 2. The molecule has 0 N–H and O–H groups in total. The highest BCUT2D eigenvalue weighted by Gasteiger charge is 2.18. The molecule has 0 unspecified atom stereocenters. The van der Waals surface area contributed by atoms with Crippen LogP contribution < -0.4 is 0 Å². The highest BCUT2D eigenvalue weighted by molar-refractivity contribution is 14.1. The average molecular weight is 373 g/mol. The third-order valence-corrected chi connectivity index (χ3v) is 3.29. The van der Waals surface area contributed by atoms with Crippen LogP contribution in [-0.4, -0.2) is 4.98 Å². The smallest absolute Gasteiger partial charge is 0.258 e. The van der Waals surface area contributed by atoms with E-state index in [1.54, 1.807) is 22.6 Å². The molecule has 0 bridgehead atoms. The summed E-state index contributed by atoms with van der Waals surface area (Å²) in [6.07, 6.45) is -1.19. The molecule has 1 heterocycles. The Balaban J connectivity index is 3.28. The van der Waals surface area contributed by atoms with Crippen LogP contribution in [-0.2, 0) is 6.42 Å². The van der Waals surface area contributed by atoms with Crippen LogP contribution in [0.1, 0.15) is 17.7 Å². The molecule has 0 saturated heterocycles. The highest BCUT2D eigenvalue weighted by atomic mass is 127. The summed E-state index contributed by atoms with van der Waals surface area (Å²) in [6, 6.07) is 1.87. The zero-order chi connectivity index (χ0) is 10.7. The molecule has 0 aliphatic rings. The minimum Gasteiger partial charge on any atom is -0.258 e. The summed E-state index contributed by atoms with van der Waals surface area (Å²) in [6.45, 7) is 0. The SMILES string of the molecule is N#CCc1ncc(I)c(C(F)F)c1Br. The molecular formula is C8H4BrF2IN2. The minimum atomic E-state index is -2.56. The second-order valence-electron chi connectivity index (χ2n) is 2.42. The summed E-state index contributed by atoms with van der Waals surface area (Å²) in [7, 11) is 0. The van der Waals surface area contributed by atoms with Crippen LogP contribution in [0.5, 0.6) is 0 Å². The van der Waals surface area contributed by atoms with Gasteiger partial charge in [-0.25, -0.2) is 8.78 Å². The van der Waals surface area contributed by atoms with E-state index in [4.69, 9.17) is 5.26 Å². The lowest BCUT2D eigenvalue weighted by molar-refractivity contribution is 0.149. The van der Waals surface area contributed by atoms with Gasteiger partial charge in [0.15, 0.2) is 0 Å². The Morgan fingerprint density at radius 3 is 2.79 bits per heavy atom. The van der Waals surface area contributed by atoms with Crippen molar-refractivity contribution in [2.75, 3.05) is 0 Å². The third-order valence-electron chi connectivity index (χ3n) is 1.55. The van der Waals surface area contributed by atoms with Gasteiger partial charge in [-0.05, 0) is 38.5 Å². The molecule has 0 spiro atoms. The highest BCUT2D eigenvalue weighted by Crippen LogP contribution is 2.32. The van der Waals surface area contributed by atoms with Crippen LogP contribution in [0.25, 0.3) is 0 Å². The van der Waals surface area contributed by atoms with Gasteiger partial charge in [0.2, 0.25) is 0 Å². The minimum absolute atomic E-state index is 0.0250. The number of alkyl halides is 2. The van der Waals surface area contributed by atoms with Crippen molar-refractivity contribution in [3.05, 3.63) is 25.5 Å². The van der Waals surface area contributed by atoms with Gasteiger partial charge in [0.1, 0.15) is 0 Å². The summed E-state index contributed by atoms with van der Waals surface area (Å²) >= 11 is 4.83. The lowest BCUT2D eigenvalue weighted by atomic mass is 10.2. The molecule has 1 aromatic heterocycles. The Morgan fingerprint density at radius 2 is 2.29 bits per heavy atom. The molecule has 0 fully saturated rings. The fourth-order valence-corrected chi connectivity index (χ4v) is 2.56. The molecule has 0 atom stereocenters. The molecule has 1 rings (SSSR count). The zero-order valence-electron chi connectivity index (χ0n) is 6.77. The standard InChI is InChI=1S/C8H4BrF2IN2/c9-7-5(1-2-13)14-3-4(12)6(7)8(10)11/h3,8H,1H2. The number of nitriles is 1. The fourth-order valence-electron chi connectivity index (χ4n) is 0.919. The number of halogens is 4. The maximum absolute atomic E-state index is 12.6. The van der Waals surface area contributed by atoms with Crippen LogP contribution >= 0.6 is 38.5 Å². The predicted molar refractivity (Wildman–Crippen MR) is 58.9 cm³/mol. The van der Waals surface area contributed by atoms with Gasteiger partial charge in [0.25, 0.3) is 6.43 Å². The van der Waals surface area contributed by atoms with Gasteiger partial charge in [0, 0.05) is 15.3 Å². The molecule has 0 aromatic carbocycles. The average Bonchev–Trinajstić information content (AvgIpc) is 2.10. The Bertz CT molecular complexity index is 390. The van der Waals surface area contributed by atoms with E-state index in [1.807, 2.05) is 6.07 Å². The molecule has 1 aromatic rings. The van der Waals surface area contributed by atoms with Gasteiger partial charge in [0.05, 0.1) is 22.7 Å². The second-order valence-corrected chi connectivity index (χ2v) is 4.37. The summed E-state index contributed by atoms with van der Waals surface area (Å²) in [5.41, 5.74) is 0.258. The topological polar surface area (TPSA) is 36.7 Å². The maximum Gasteiger partial charge on any atom is 0.266 e. The normalized spacial score (nSPS) is 10.3. The molecule has 0 saturated carbocycles. The van der Waals surface area contributed by atoms with Gasteiger partial charge >= 0.3 is 0 Å². The molecule has 6 heteroatoms. The molecule has 0 amide bonds. The molecule has 0 aliphatic carbocycles. The van der Waals surface area contributed by atoms with E-state index in [0.29, 0.717) is 9.26 Å². The van der Waals surface area contributed by atoms with E-state index in [9.17, 15) is 8.78 Å². The second kappa shape index (κ2) is 4.98. The van der Waals surface area contributed by atoms with Crippen LogP contribution in [0.15, 0.2) is 10.7 Å². The summed E-state index contributed by atoms with van der Waals surface area (Å²) in [4.78, 5) is 3.90. The van der Waals surface area contributed by atoms with E-state index >= 15 is 0 Å². The van der Waals surface area contributed by atoms with Crippen molar-refractivity contribution in [2.24, 2.45) is 0 Å². The quantitative estimate of drug-likeness (QED) is 0.745. The van der Waals surface area contributed by atoms with E-state index in [1.165, 1.54) is 6.20 Å². The molecule has 14 heavy (non-hydrogen) atoms. The monoisotopic (exact) mass is 372 g/mol. The van der Waals surface area contributed by atoms with Gasteiger partial charge in [-0.3, -0.25) is 4.98 Å². The first-order chi connectivity index (χ1) is 6.57. The van der Waals surface area contributed by atoms with Crippen molar-refractivity contribution in [1.82, 2.24) is 4.98 Å². The first-order valence-corrected chi connectivity index (χ1v) is 5.43. The summed E-state index contributed by atoms with van der Waals surface area (Å²) < 4.78 is 25.8. The Kier molecular flexibility index (Phi) is 4.19. The van der Waals surface area contributed by atoms with E-state index in [0.717, 1.165) is 0 Å². The third kappa shape index (κ3) is 2.39. The van der Waals surface area contributed by atoms with Crippen molar-refractivity contribution >= 4 is 38.5 Å². The van der Waals surface area contributed by atoms with Gasteiger partial charge in [-0.1, -0.05) is 0 Å². The summed E-state index contributed by atoms with van der Waals surface area (Å²) in [5.74, 6) is 0. The van der Waals surface area contributed by atoms with Crippen LogP contribution in [0, 0.1) is 14.9 Å². The van der Waals surface area contributed by atoms with E-state index < -0.39 is 6.43 Å². The van der Waals surface area contributed by atoms with Crippen molar-refractivity contribution in [3.8, 4) is 6.07 Å². The number of pyridine rings is 1. The number of nitrogens with zero attached hydrogens (tertiary/aromatic N) is 2. The van der Waals surface area contributed by atoms with Crippen molar-refractivity contribution in [2.45, 2.75) is 12.8 Å². The molecule has 0 radical (unpaired) electrons. The maximum atomic E-state index is 12.6. The van der Waals surface area contributed by atoms with Crippen molar-refractivity contribution < 1.29 is 8.78 Å². The lowest BCUT2D eigenvalue weighted by Crippen LogP contribution is -1.99. The largest absolute Gasteiger partial charge is 0.266 e. The van der Waals surface area contributed by atoms with Crippen LogP contribution in [0.3, 0.4) is 0 Å². The van der Waals surface area contributed by atoms with Crippen molar-refractivity contribution in [1.29, 1.82) is 5.26 Å². The molecule has 74 valence electrons. The fraction of sp³-hybridized carbons (Fsp3) is 0.250.